The largest absolute Gasteiger partial charge is 0.478 e. The Bertz CT molecular complexity index is 423. The average Bonchev–Trinajstić information content (AvgIpc) is 2.29. The Morgan fingerprint density at radius 3 is 2.72 bits per heavy atom. The minimum absolute atomic E-state index is 0.134. The Morgan fingerprint density at radius 1 is 1.61 bits per heavy atom. The Hall–Kier alpha value is -1.69. The molecule has 1 N–H and O–H groups in total. The topological polar surface area (TPSA) is 75.6 Å². The summed E-state index contributed by atoms with van der Waals surface area (Å²) in [6.07, 6.45) is 1.35. The van der Waals surface area contributed by atoms with Gasteiger partial charge in [-0.05, 0) is 20.8 Å². The number of hydrogen-bond donors (Lipinski definition) is 1. The third-order valence-corrected chi connectivity index (χ3v) is 2.73. The van der Waals surface area contributed by atoms with Gasteiger partial charge in [-0.1, -0.05) is 0 Å². The average molecular weight is 253 g/mol. The van der Waals surface area contributed by atoms with Crippen molar-refractivity contribution in [2.24, 2.45) is 0 Å². The predicted molar refractivity (Wildman–Crippen MR) is 68.1 cm³/mol. The fourth-order valence-corrected chi connectivity index (χ4v) is 1.78. The van der Waals surface area contributed by atoms with Crippen LogP contribution in [0.5, 0.6) is 0 Å². The number of aromatic carboxylic acids is 1. The van der Waals surface area contributed by atoms with Crippen LogP contribution in [0.15, 0.2) is 6.20 Å². The van der Waals surface area contributed by atoms with Gasteiger partial charge in [0.25, 0.3) is 0 Å². The summed E-state index contributed by atoms with van der Waals surface area (Å²) in [6, 6.07) is 0.134. The van der Waals surface area contributed by atoms with E-state index >= 15 is 0 Å². The first-order valence-electron chi connectivity index (χ1n) is 5.83. The van der Waals surface area contributed by atoms with Gasteiger partial charge in [-0.25, -0.2) is 14.8 Å². The molecule has 6 heteroatoms. The number of hydrogen-bond acceptors (Lipinski definition) is 5. The molecule has 0 saturated heterocycles. The molecule has 0 saturated carbocycles. The van der Waals surface area contributed by atoms with Crippen LogP contribution in [0.3, 0.4) is 0 Å². The second-order valence-electron chi connectivity index (χ2n) is 4.06. The quantitative estimate of drug-likeness (QED) is 0.824. The van der Waals surface area contributed by atoms with Crippen LogP contribution < -0.4 is 4.90 Å². The number of methoxy groups -OCH3 is 1. The summed E-state index contributed by atoms with van der Waals surface area (Å²) in [5.41, 5.74) is 0.602. The number of likely N-dealkylation sites (N-methyl/N-ethyl adjacent to an activating group) is 1. The first-order valence-corrected chi connectivity index (χ1v) is 5.83. The highest BCUT2D eigenvalue weighted by molar-refractivity contribution is 5.88. The van der Waals surface area contributed by atoms with Crippen LogP contribution in [0.1, 0.15) is 29.9 Å². The Labute approximate surface area is 107 Å². The molecule has 0 fully saturated rings. The molecule has 1 aromatic rings. The molecule has 0 aromatic carbocycles. The molecule has 1 rings (SSSR count). The van der Waals surface area contributed by atoms with E-state index in [2.05, 4.69) is 9.97 Å². The molecule has 0 aliphatic rings. The number of carbonyl (C=O) groups is 1. The molecule has 1 atom stereocenters. The van der Waals surface area contributed by atoms with Gasteiger partial charge in [0.2, 0.25) is 5.95 Å². The molecule has 0 aliphatic carbocycles. The number of ether oxygens (including phenoxy) is 1. The SMILES string of the molecule is CCN(c1ncc(C(=O)O)c(C)n1)C(C)COC. The molecular weight excluding hydrogens is 234 g/mol. The van der Waals surface area contributed by atoms with Crippen LogP contribution in [-0.2, 0) is 4.74 Å². The highest BCUT2D eigenvalue weighted by Crippen LogP contribution is 2.14. The van der Waals surface area contributed by atoms with Gasteiger partial charge in [-0.2, -0.15) is 0 Å². The summed E-state index contributed by atoms with van der Waals surface area (Å²) in [4.78, 5) is 21.2. The Kier molecular flexibility index (Phi) is 5.03. The van der Waals surface area contributed by atoms with Gasteiger partial charge in [-0.3, -0.25) is 0 Å². The summed E-state index contributed by atoms with van der Waals surface area (Å²) in [6.45, 7) is 6.98. The predicted octanol–water partition coefficient (Wildman–Crippen LogP) is 1.34. The van der Waals surface area contributed by atoms with E-state index in [1.165, 1.54) is 6.20 Å². The third kappa shape index (κ3) is 3.16. The Morgan fingerprint density at radius 2 is 2.28 bits per heavy atom. The van der Waals surface area contributed by atoms with Crippen molar-refractivity contribution in [2.45, 2.75) is 26.8 Å². The molecule has 0 aliphatic heterocycles. The van der Waals surface area contributed by atoms with Crippen molar-refractivity contribution >= 4 is 11.9 Å². The molecular formula is C12H19N3O3. The summed E-state index contributed by atoms with van der Waals surface area (Å²) < 4.78 is 5.11. The fraction of sp³-hybridized carbons (Fsp3) is 0.583. The lowest BCUT2D eigenvalue weighted by molar-refractivity contribution is 0.0695. The fourth-order valence-electron chi connectivity index (χ4n) is 1.78. The first-order chi connectivity index (χ1) is 8.51. The standard InChI is InChI=1S/C12H19N3O3/c1-5-15(8(2)7-18-4)12-13-6-10(11(16)17)9(3)14-12/h6,8H,5,7H2,1-4H3,(H,16,17). The molecule has 100 valence electrons. The number of aryl methyl sites for hydroxylation is 1. The van der Waals surface area contributed by atoms with Gasteiger partial charge in [0, 0.05) is 19.9 Å². The van der Waals surface area contributed by atoms with Crippen LogP contribution >= 0.6 is 0 Å². The van der Waals surface area contributed by atoms with Gasteiger partial charge in [0.05, 0.1) is 23.9 Å². The van der Waals surface area contributed by atoms with Crippen molar-refractivity contribution < 1.29 is 14.6 Å². The molecule has 1 unspecified atom stereocenters. The zero-order chi connectivity index (χ0) is 13.7. The van der Waals surface area contributed by atoms with Crippen molar-refractivity contribution in [3.8, 4) is 0 Å². The van der Waals surface area contributed by atoms with E-state index in [0.29, 0.717) is 18.2 Å². The molecule has 6 nitrogen and oxygen atoms in total. The number of aromatic nitrogens is 2. The van der Waals surface area contributed by atoms with Crippen LogP contribution in [-0.4, -0.2) is 47.3 Å². The normalized spacial score (nSPS) is 12.2. The van der Waals surface area contributed by atoms with E-state index in [1.807, 2.05) is 18.7 Å². The first kappa shape index (κ1) is 14.4. The van der Waals surface area contributed by atoms with Crippen molar-refractivity contribution in [1.29, 1.82) is 0 Å². The maximum atomic E-state index is 10.9. The van der Waals surface area contributed by atoms with Crippen molar-refractivity contribution in [2.75, 3.05) is 25.2 Å². The summed E-state index contributed by atoms with van der Waals surface area (Å²) >= 11 is 0. The van der Waals surface area contributed by atoms with Crippen molar-refractivity contribution in [1.82, 2.24) is 9.97 Å². The van der Waals surface area contributed by atoms with E-state index in [-0.39, 0.29) is 11.6 Å². The molecule has 0 spiro atoms. The maximum absolute atomic E-state index is 10.9. The highest BCUT2D eigenvalue weighted by atomic mass is 16.5. The van der Waals surface area contributed by atoms with E-state index in [4.69, 9.17) is 9.84 Å². The lowest BCUT2D eigenvalue weighted by atomic mass is 10.2. The minimum Gasteiger partial charge on any atom is -0.478 e. The van der Waals surface area contributed by atoms with Gasteiger partial charge in [0.15, 0.2) is 0 Å². The van der Waals surface area contributed by atoms with Crippen LogP contribution in [0.25, 0.3) is 0 Å². The van der Waals surface area contributed by atoms with Crippen LogP contribution in [0.4, 0.5) is 5.95 Å². The lowest BCUT2D eigenvalue weighted by Crippen LogP contribution is -2.37. The van der Waals surface area contributed by atoms with E-state index in [0.717, 1.165) is 6.54 Å². The van der Waals surface area contributed by atoms with Gasteiger partial charge in [-0.15, -0.1) is 0 Å². The zero-order valence-corrected chi connectivity index (χ0v) is 11.2. The third-order valence-electron chi connectivity index (χ3n) is 2.73. The summed E-state index contributed by atoms with van der Waals surface area (Å²) in [7, 11) is 1.64. The van der Waals surface area contributed by atoms with E-state index < -0.39 is 5.97 Å². The second-order valence-corrected chi connectivity index (χ2v) is 4.06. The maximum Gasteiger partial charge on any atom is 0.339 e. The van der Waals surface area contributed by atoms with Gasteiger partial charge >= 0.3 is 5.97 Å². The molecule has 1 aromatic heterocycles. The zero-order valence-electron chi connectivity index (χ0n) is 11.2. The number of rotatable bonds is 6. The summed E-state index contributed by atoms with van der Waals surface area (Å²) in [5.74, 6) is -0.475. The summed E-state index contributed by atoms with van der Waals surface area (Å²) in [5, 5.41) is 8.93. The monoisotopic (exact) mass is 253 g/mol. The number of anilines is 1. The van der Waals surface area contributed by atoms with Crippen LogP contribution in [0, 0.1) is 6.92 Å². The lowest BCUT2D eigenvalue weighted by Gasteiger charge is -2.27. The van der Waals surface area contributed by atoms with Gasteiger partial charge < -0.3 is 14.7 Å². The Balaban J connectivity index is 3.01. The number of nitrogens with zero attached hydrogens (tertiary/aromatic N) is 3. The van der Waals surface area contributed by atoms with Crippen molar-refractivity contribution in [3.63, 3.8) is 0 Å². The second kappa shape index (κ2) is 6.30. The van der Waals surface area contributed by atoms with Crippen LogP contribution in [0.2, 0.25) is 0 Å². The number of carboxylic acid groups (broad SMARTS) is 1. The van der Waals surface area contributed by atoms with Gasteiger partial charge in [0.1, 0.15) is 0 Å². The highest BCUT2D eigenvalue weighted by Gasteiger charge is 2.17. The number of carboxylic acids is 1. The smallest absolute Gasteiger partial charge is 0.339 e. The van der Waals surface area contributed by atoms with E-state index in [9.17, 15) is 4.79 Å². The minimum atomic E-state index is -1.01. The molecule has 0 radical (unpaired) electrons. The van der Waals surface area contributed by atoms with E-state index in [1.54, 1.807) is 14.0 Å². The molecule has 0 amide bonds. The molecule has 18 heavy (non-hydrogen) atoms. The van der Waals surface area contributed by atoms with Crippen molar-refractivity contribution in [3.05, 3.63) is 17.5 Å². The molecule has 1 heterocycles. The molecule has 0 bridgehead atoms.